The fourth-order valence-electron chi connectivity index (χ4n) is 2.81. The first kappa shape index (κ1) is 18.5. The highest BCUT2D eigenvalue weighted by Gasteiger charge is 2.42. The third-order valence-corrected chi connectivity index (χ3v) is 5.87. The van der Waals surface area contributed by atoms with E-state index in [0.29, 0.717) is 4.31 Å². The van der Waals surface area contributed by atoms with Crippen molar-refractivity contribution >= 4 is 27.5 Å². The molecule has 1 aliphatic heterocycles. The van der Waals surface area contributed by atoms with Gasteiger partial charge in [0.1, 0.15) is 17.3 Å². The Morgan fingerprint density at radius 2 is 1.81 bits per heavy atom. The van der Waals surface area contributed by atoms with E-state index in [0.717, 1.165) is 11.0 Å². The van der Waals surface area contributed by atoms with Crippen LogP contribution < -0.4 is 4.90 Å². The number of fused-ring (bicyclic) bond motifs is 1. The highest BCUT2D eigenvalue weighted by Crippen LogP contribution is 2.30. The molecule has 2 aromatic rings. The Bertz CT molecular complexity index is 1060. The summed E-state index contributed by atoms with van der Waals surface area (Å²) in [7, 11) is -4.16. The molecule has 0 radical (unpaired) electrons. The van der Waals surface area contributed by atoms with Gasteiger partial charge in [0.25, 0.3) is 15.9 Å². The van der Waals surface area contributed by atoms with Crippen LogP contribution in [0.5, 0.6) is 0 Å². The SMILES string of the molecule is N#CCCN(C(=O)CN1C(=O)c2ccccc2S1(=O)=O)c1ccccc1F. The number of rotatable bonds is 5. The number of carbonyl (C=O) groups is 2. The van der Waals surface area contributed by atoms with Gasteiger partial charge in [-0.05, 0) is 24.3 Å². The maximum Gasteiger partial charge on any atom is 0.269 e. The predicted molar refractivity (Wildman–Crippen MR) is 93.6 cm³/mol. The van der Waals surface area contributed by atoms with E-state index in [1.54, 1.807) is 0 Å². The molecule has 1 aliphatic rings. The summed E-state index contributed by atoms with van der Waals surface area (Å²) >= 11 is 0. The molecule has 2 amide bonds. The predicted octanol–water partition coefficient (Wildman–Crippen LogP) is 1.92. The summed E-state index contributed by atoms with van der Waals surface area (Å²) < 4.78 is 39.7. The molecule has 27 heavy (non-hydrogen) atoms. The van der Waals surface area contributed by atoms with Crippen molar-refractivity contribution in [1.29, 1.82) is 5.26 Å². The van der Waals surface area contributed by atoms with Crippen LogP contribution in [0.4, 0.5) is 10.1 Å². The molecule has 138 valence electrons. The standard InChI is InChI=1S/C18H14FN3O4S/c19-14-7-2-3-8-15(14)21(11-5-10-20)17(23)12-22-18(24)13-6-1-4-9-16(13)27(22,25)26/h1-4,6-9H,5,11-12H2. The smallest absolute Gasteiger partial charge is 0.269 e. The van der Waals surface area contributed by atoms with Crippen molar-refractivity contribution in [2.75, 3.05) is 18.0 Å². The summed E-state index contributed by atoms with van der Waals surface area (Å²) in [6.07, 6.45) is -0.0823. The van der Waals surface area contributed by atoms with Crippen LogP contribution in [-0.4, -0.2) is 37.6 Å². The van der Waals surface area contributed by atoms with Gasteiger partial charge < -0.3 is 4.90 Å². The number of sulfonamides is 1. The van der Waals surface area contributed by atoms with Gasteiger partial charge in [0.15, 0.2) is 0 Å². The summed E-state index contributed by atoms with van der Waals surface area (Å²) in [4.78, 5) is 26.0. The molecular weight excluding hydrogens is 373 g/mol. The molecule has 3 rings (SSSR count). The summed E-state index contributed by atoms with van der Waals surface area (Å²) in [6, 6.07) is 13.0. The van der Waals surface area contributed by atoms with E-state index >= 15 is 0 Å². The van der Waals surface area contributed by atoms with Crippen LogP contribution in [0.3, 0.4) is 0 Å². The Hall–Kier alpha value is -3.25. The maximum absolute atomic E-state index is 14.1. The van der Waals surface area contributed by atoms with Crippen molar-refractivity contribution in [2.45, 2.75) is 11.3 Å². The van der Waals surface area contributed by atoms with Crippen LogP contribution in [0, 0.1) is 17.1 Å². The van der Waals surface area contributed by atoms with Crippen molar-refractivity contribution in [3.63, 3.8) is 0 Å². The average Bonchev–Trinajstić information content (AvgIpc) is 2.84. The van der Waals surface area contributed by atoms with Gasteiger partial charge in [-0.1, -0.05) is 24.3 Å². The molecule has 0 saturated carbocycles. The molecule has 1 heterocycles. The zero-order chi connectivity index (χ0) is 19.6. The van der Waals surface area contributed by atoms with Gasteiger partial charge in [-0.2, -0.15) is 5.26 Å². The molecule has 0 atom stereocenters. The van der Waals surface area contributed by atoms with Gasteiger partial charge in [0.05, 0.1) is 23.7 Å². The Morgan fingerprint density at radius 1 is 1.15 bits per heavy atom. The number of anilines is 1. The first-order valence-electron chi connectivity index (χ1n) is 7.96. The highest BCUT2D eigenvalue weighted by molar-refractivity contribution is 7.90. The summed E-state index contributed by atoms with van der Waals surface area (Å²) in [6.45, 7) is -0.916. The molecule has 7 nitrogen and oxygen atoms in total. The minimum absolute atomic E-state index is 0.0141. The number of hydrogen-bond donors (Lipinski definition) is 0. The second-order valence-electron chi connectivity index (χ2n) is 5.72. The molecule has 0 aromatic heterocycles. The van der Waals surface area contributed by atoms with Crippen LogP contribution in [0.15, 0.2) is 53.4 Å². The number of benzene rings is 2. The molecule has 0 N–H and O–H groups in total. The Kier molecular flexibility index (Phi) is 4.92. The zero-order valence-corrected chi connectivity index (χ0v) is 14.8. The molecule has 9 heteroatoms. The quantitative estimate of drug-likeness (QED) is 0.781. The van der Waals surface area contributed by atoms with Crippen molar-refractivity contribution in [2.24, 2.45) is 0 Å². The number of halogens is 1. The third-order valence-electron chi connectivity index (χ3n) is 4.08. The van der Waals surface area contributed by atoms with E-state index in [9.17, 15) is 22.4 Å². The van der Waals surface area contributed by atoms with E-state index in [2.05, 4.69) is 0 Å². The van der Waals surface area contributed by atoms with Crippen molar-refractivity contribution in [3.8, 4) is 6.07 Å². The minimum atomic E-state index is -4.16. The molecular formula is C18H14FN3O4S. The Balaban J connectivity index is 1.92. The lowest BCUT2D eigenvalue weighted by molar-refractivity contribution is -0.118. The highest BCUT2D eigenvalue weighted by atomic mass is 32.2. The van der Waals surface area contributed by atoms with Crippen molar-refractivity contribution < 1.29 is 22.4 Å². The van der Waals surface area contributed by atoms with Crippen LogP contribution in [0.1, 0.15) is 16.8 Å². The topological polar surface area (TPSA) is 98.5 Å². The first-order chi connectivity index (χ1) is 12.9. The average molecular weight is 387 g/mol. The van der Waals surface area contributed by atoms with Crippen LogP contribution in [0.25, 0.3) is 0 Å². The molecule has 0 aliphatic carbocycles. The summed E-state index contributed by atoms with van der Waals surface area (Å²) in [5, 5.41) is 8.80. The number of nitriles is 1. The summed E-state index contributed by atoms with van der Waals surface area (Å²) in [5.41, 5.74) is -0.0981. The van der Waals surface area contributed by atoms with Crippen molar-refractivity contribution in [3.05, 3.63) is 59.9 Å². The van der Waals surface area contributed by atoms with E-state index < -0.39 is 34.2 Å². The van der Waals surface area contributed by atoms with Crippen molar-refractivity contribution in [1.82, 2.24) is 4.31 Å². The van der Waals surface area contributed by atoms with Gasteiger partial charge in [-0.25, -0.2) is 17.1 Å². The van der Waals surface area contributed by atoms with E-state index in [1.807, 2.05) is 6.07 Å². The first-order valence-corrected chi connectivity index (χ1v) is 9.40. The number of hydrogen-bond acceptors (Lipinski definition) is 5. The second kappa shape index (κ2) is 7.17. The Labute approximate surface area is 155 Å². The maximum atomic E-state index is 14.1. The van der Waals surface area contributed by atoms with Crippen LogP contribution in [-0.2, 0) is 14.8 Å². The molecule has 2 aromatic carbocycles. The minimum Gasteiger partial charge on any atom is -0.307 e. The van der Waals surface area contributed by atoms with Gasteiger partial charge in [-0.15, -0.1) is 0 Å². The van der Waals surface area contributed by atoms with E-state index in [4.69, 9.17) is 5.26 Å². The second-order valence-corrected chi connectivity index (χ2v) is 7.55. The largest absolute Gasteiger partial charge is 0.307 e. The summed E-state index contributed by atoms with van der Waals surface area (Å²) in [5.74, 6) is -2.31. The molecule has 0 spiro atoms. The number of carbonyl (C=O) groups excluding carboxylic acids is 2. The molecule has 0 fully saturated rings. The lowest BCUT2D eigenvalue weighted by Crippen LogP contribution is -2.43. The van der Waals surface area contributed by atoms with E-state index in [1.165, 1.54) is 42.5 Å². The van der Waals surface area contributed by atoms with Gasteiger partial charge in [-0.3, -0.25) is 9.59 Å². The zero-order valence-electron chi connectivity index (χ0n) is 14.0. The van der Waals surface area contributed by atoms with Crippen LogP contribution >= 0.6 is 0 Å². The lowest BCUT2D eigenvalue weighted by Gasteiger charge is -2.24. The van der Waals surface area contributed by atoms with Gasteiger partial charge >= 0.3 is 0 Å². The molecule has 0 bridgehead atoms. The Morgan fingerprint density at radius 3 is 2.48 bits per heavy atom. The normalized spacial score (nSPS) is 14.5. The van der Waals surface area contributed by atoms with Gasteiger partial charge in [0.2, 0.25) is 5.91 Å². The van der Waals surface area contributed by atoms with Gasteiger partial charge in [0, 0.05) is 6.54 Å². The number of para-hydroxylation sites is 1. The fraction of sp³-hybridized carbons (Fsp3) is 0.167. The third kappa shape index (κ3) is 3.27. The molecule has 0 saturated heterocycles. The van der Waals surface area contributed by atoms with E-state index in [-0.39, 0.29) is 29.1 Å². The monoisotopic (exact) mass is 387 g/mol. The lowest BCUT2D eigenvalue weighted by atomic mass is 10.2. The van der Waals surface area contributed by atoms with Crippen LogP contribution in [0.2, 0.25) is 0 Å². The number of nitrogens with zero attached hydrogens (tertiary/aromatic N) is 3. The fourth-order valence-corrected chi connectivity index (χ4v) is 4.33. The molecule has 0 unspecified atom stereocenters. The number of amides is 2.